The van der Waals surface area contributed by atoms with E-state index in [0.717, 1.165) is 17.0 Å². The summed E-state index contributed by atoms with van der Waals surface area (Å²) in [5, 5.41) is 23.4. The van der Waals surface area contributed by atoms with Crippen molar-refractivity contribution in [2.75, 3.05) is 6.54 Å². The van der Waals surface area contributed by atoms with Gasteiger partial charge in [-0.25, -0.2) is 9.36 Å². The average molecular weight is 547 g/mol. The first-order chi connectivity index (χ1) is 20.1. The van der Waals surface area contributed by atoms with Crippen molar-refractivity contribution in [3.8, 4) is 0 Å². The maximum atomic E-state index is 6.53. The number of hydrogen-bond donors (Lipinski definition) is 1. The molecule has 5 rings (SSSR count). The molecular formula is C31H34N10. The second kappa shape index (κ2) is 13.8. The average Bonchev–Trinajstić information content (AvgIpc) is 3.63. The van der Waals surface area contributed by atoms with Gasteiger partial charge < -0.3 is 5.73 Å². The van der Waals surface area contributed by atoms with Crippen LogP contribution in [0.2, 0.25) is 0 Å². The molecule has 0 atom stereocenters. The molecule has 10 nitrogen and oxygen atoms in total. The molecule has 0 radical (unpaired) electrons. The van der Waals surface area contributed by atoms with Crippen LogP contribution in [0.4, 0.5) is 0 Å². The quantitative estimate of drug-likeness (QED) is 0.166. The van der Waals surface area contributed by atoms with E-state index in [4.69, 9.17) is 5.73 Å². The molecule has 0 aliphatic heterocycles. The van der Waals surface area contributed by atoms with Gasteiger partial charge in [0, 0.05) is 38.2 Å². The Morgan fingerprint density at radius 1 is 0.707 bits per heavy atom. The van der Waals surface area contributed by atoms with E-state index < -0.39 is 0 Å². The van der Waals surface area contributed by atoms with E-state index in [1.807, 2.05) is 94.7 Å². The molecule has 2 aromatic heterocycles. The van der Waals surface area contributed by atoms with E-state index in [1.54, 1.807) is 5.01 Å². The van der Waals surface area contributed by atoms with Crippen LogP contribution in [-0.2, 0) is 32.7 Å². The second-order valence-corrected chi connectivity index (χ2v) is 9.86. The van der Waals surface area contributed by atoms with Crippen molar-refractivity contribution < 1.29 is 0 Å². The summed E-state index contributed by atoms with van der Waals surface area (Å²) in [5.41, 5.74) is 12.3. The number of nitrogens with zero attached hydrogens (tertiary/aromatic N) is 9. The zero-order chi connectivity index (χ0) is 28.3. The first kappa shape index (κ1) is 27.5. The summed E-state index contributed by atoms with van der Waals surface area (Å²) in [5.74, 6) is 0. The topological polar surface area (TPSA) is 106 Å². The van der Waals surface area contributed by atoms with Gasteiger partial charge in [-0.05, 0) is 16.7 Å². The number of aromatic nitrogens is 6. The molecule has 2 N–H and O–H groups in total. The van der Waals surface area contributed by atoms with Crippen LogP contribution >= 0.6 is 0 Å². The third kappa shape index (κ3) is 8.45. The van der Waals surface area contributed by atoms with Gasteiger partial charge in [0.25, 0.3) is 0 Å². The molecule has 10 heteroatoms. The third-order valence-electron chi connectivity index (χ3n) is 6.41. The summed E-state index contributed by atoms with van der Waals surface area (Å²) in [4.78, 5) is 2.17. The Bertz CT molecular complexity index is 1450. The van der Waals surface area contributed by atoms with Crippen LogP contribution in [0.15, 0.2) is 120 Å². The fourth-order valence-corrected chi connectivity index (χ4v) is 4.54. The highest BCUT2D eigenvalue weighted by atomic mass is 15.4. The van der Waals surface area contributed by atoms with Crippen LogP contribution in [0.5, 0.6) is 0 Å². The Labute approximate surface area is 240 Å². The summed E-state index contributed by atoms with van der Waals surface area (Å²) in [7, 11) is 0. The minimum Gasteiger partial charge on any atom is -0.400 e. The van der Waals surface area contributed by atoms with E-state index in [9.17, 15) is 0 Å². The van der Waals surface area contributed by atoms with Gasteiger partial charge in [-0.3, -0.25) is 9.91 Å². The lowest BCUT2D eigenvalue weighted by Gasteiger charge is -2.21. The van der Waals surface area contributed by atoms with Crippen molar-refractivity contribution in [3.05, 3.63) is 143 Å². The zero-order valence-corrected chi connectivity index (χ0v) is 22.9. The molecule has 0 aliphatic carbocycles. The van der Waals surface area contributed by atoms with Gasteiger partial charge >= 0.3 is 0 Å². The molecule has 0 spiro atoms. The Balaban J connectivity index is 1.29. The van der Waals surface area contributed by atoms with Crippen LogP contribution in [0, 0.1) is 0 Å². The summed E-state index contributed by atoms with van der Waals surface area (Å²) in [6, 6.07) is 30.5. The zero-order valence-electron chi connectivity index (χ0n) is 22.9. The van der Waals surface area contributed by atoms with Crippen LogP contribution in [0.3, 0.4) is 0 Å². The predicted octanol–water partition coefficient (Wildman–Crippen LogP) is 3.89. The minimum absolute atomic E-state index is 0.470. The van der Waals surface area contributed by atoms with Crippen LogP contribution in [0.25, 0.3) is 0 Å². The lowest BCUT2D eigenvalue weighted by atomic mass is 10.2. The molecule has 0 unspecified atom stereocenters. The van der Waals surface area contributed by atoms with Gasteiger partial charge in [-0.15, -0.1) is 10.2 Å². The number of hydrogen-bond acceptors (Lipinski definition) is 8. The second-order valence-electron chi connectivity index (χ2n) is 9.86. The fourth-order valence-electron chi connectivity index (χ4n) is 4.54. The van der Waals surface area contributed by atoms with Gasteiger partial charge in [-0.1, -0.05) is 101 Å². The number of nitrogens with two attached hydrogens (primary N) is 1. The maximum absolute atomic E-state index is 6.53. The van der Waals surface area contributed by atoms with Gasteiger partial charge in [0.1, 0.15) is 0 Å². The van der Waals surface area contributed by atoms with E-state index >= 15 is 0 Å². The lowest BCUT2D eigenvalue weighted by Crippen LogP contribution is -2.29. The van der Waals surface area contributed by atoms with Crippen LogP contribution < -0.4 is 5.73 Å². The van der Waals surface area contributed by atoms with Crippen molar-refractivity contribution in [2.24, 2.45) is 10.8 Å². The molecule has 41 heavy (non-hydrogen) atoms. The molecule has 5 aromatic rings. The molecule has 3 aromatic carbocycles. The van der Waals surface area contributed by atoms with Gasteiger partial charge in [0.15, 0.2) is 0 Å². The predicted molar refractivity (Wildman–Crippen MR) is 159 cm³/mol. The Kier molecular flexibility index (Phi) is 9.26. The normalized spacial score (nSPS) is 11.6. The van der Waals surface area contributed by atoms with Crippen LogP contribution in [-0.4, -0.2) is 53.2 Å². The first-order valence-electron chi connectivity index (χ1n) is 13.4. The largest absolute Gasteiger partial charge is 0.400 e. The van der Waals surface area contributed by atoms with Crippen molar-refractivity contribution in [1.82, 2.24) is 39.9 Å². The highest BCUT2D eigenvalue weighted by Gasteiger charge is 2.15. The molecule has 0 amide bonds. The molecule has 0 saturated carbocycles. The van der Waals surface area contributed by atoms with Gasteiger partial charge in [0.2, 0.25) is 0 Å². The van der Waals surface area contributed by atoms with E-state index in [0.29, 0.717) is 45.0 Å². The summed E-state index contributed by atoms with van der Waals surface area (Å²) < 4.78 is 3.70. The number of rotatable bonds is 14. The standard InChI is InChI=1S/C31H34N10/c1-33-39(17-26-11-5-2-6-12-26)21-29(32)20-38(22-30-24-40(36-34-30)18-27-13-7-3-8-14-27)23-31-25-41(37-35-31)19-28-15-9-4-10-16-28/h2-16,21,24-25H,1,17-20,22-23,32H2/b29-21-. The van der Waals surface area contributed by atoms with Gasteiger partial charge in [-0.2, -0.15) is 5.10 Å². The lowest BCUT2D eigenvalue weighted by molar-refractivity contribution is 0.268. The molecule has 0 aliphatic rings. The molecule has 0 bridgehead atoms. The van der Waals surface area contributed by atoms with E-state index in [2.05, 4.69) is 61.6 Å². The smallest absolute Gasteiger partial charge is 0.0967 e. The number of benzene rings is 3. The van der Waals surface area contributed by atoms with Crippen molar-refractivity contribution >= 4 is 6.72 Å². The van der Waals surface area contributed by atoms with Crippen LogP contribution in [0.1, 0.15) is 28.1 Å². The summed E-state index contributed by atoms with van der Waals surface area (Å²) >= 11 is 0. The van der Waals surface area contributed by atoms with E-state index in [-0.39, 0.29) is 0 Å². The summed E-state index contributed by atoms with van der Waals surface area (Å²) in [6.07, 6.45) is 5.77. The maximum Gasteiger partial charge on any atom is 0.0967 e. The molecular weight excluding hydrogens is 512 g/mol. The third-order valence-corrected chi connectivity index (χ3v) is 6.41. The van der Waals surface area contributed by atoms with Crippen molar-refractivity contribution in [2.45, 2.75) is 32.7 Å². The summed E-state index contributed by atoms with van der Waals surface area (Å²) in [6.45, 7) is 7.15. The van der Waals surface area contributed by atoms with Crippen molar-refractivity contribution in [3.63, 3.8) is 0 Å². The monoisotopic (exact) mass is 546 g/mol. The minimum atomic E-state index is 0.470. The SMILES string of the molecule is C=NN(/C=C(\N)CN(Cc1cn(Cc2ccccc2)nn1)Cc1cn(Cc2ccccc2)nn1)Cc1ccccc1. The molecule has 208 valence electrons. The highest BCUT2D eigenvalue weighted by molar-refractivity contribution is 5.24. The van der Waals surface area contributed by atoms with Crippen molar-refractivity contribution in [1.29, 1.82) is 0 Å². The van der Waals surface area contributed by atoms with E-state index in [1.165, 1.54) is 11.1 Å². The highest BCUT2D eigenvalue weighted by Crippen LogP contribution is 2.12. The fraction of sp³-hybridized carbons (Fsp3) is 0.194. The van der Waals surface area contributed by atoms with Gasteiger partial charge in [0.05, 0.1) is 43.4 Å². The number of hydrazone groups is 1. The Hall–Kier alpha value is -5.09. The first-order valence-corrected chi connectivity index (χ1v) is 13.4. The Morgan fingerprint density at radius 2 is 1.17 bits per heavy atom. The molecule has 0 fully saturated rings. The Morgan fingerprint density at radius 3 is 1.63 bits per heavy atom. The molecule has 0 saturated heterocycles. The molecule has 2 heterocycles.